The monoisotopic (exact) mass is 368 g/mol. The van der Waals surface area contributed by atoms with Crippen LogP contribution in [-0.2, 0) is 16.1 Å². The van der Waals surface area contributed by atoms with Crippen LogP contribution in [0.3, 0.4) is 0 Å². The number of nitrogens with zero attached hydrogens (tertiary/aromatic N) is 1. The van der Waals surface area contributed by atoms with Gasteiger partial charge in [-0.2, -0.15) is 0 Å². The van der Waals surface area contributed by atoms with Crippen molar-refractivity contribution in [2.75, 3.05) is 31.2 Å². The van der Waals surface area contributed by atoms with E-state index in [9.17, 15) is 4.79 Å². The van der Waals surface area contributed by atoms with Gasteiger partial charge >= 0.3 is 0 Å². The molecule has 1 atom stereocenters. The molecule has 2 aromatic rings. The van der Waals surface area contributed by atoms with Crippen LogP contribution in [0.25, 0.3) is 0 Å². The van der Waals surface area contributed by atoms with E-state index in [0.717, 1.165) is 43.2 Å². The van der Waals surface area contributed by atoms with Gasteiger partial charge in [0.1, 0.15) is 5.75 Å². The van der Waals surface area contributed by atoms with Crippen LogP contribution < -0.4 is 15.0 Å². The first kappa shape index (κ1) is 19.2. The third kappa shape index (κ3) is 5.47. The normalized spacial score (nSPS) is 15.3. The van der Waals surface area contributed by atoms with Crippen molar-refractivity contribution in [1.82, 2.24) is 5.32 Å². The summed E-state index contributed by atoms with van der Waals surface area (Å²) in [5.74, 6) is 0.642. The van der Waals surface area contributed by atoms with Crippen molar-refractivity contribution in [3.05, 3.63) is 59.7 Å². The molecule has 1 amide bonds. The number of carbonyl (C=O) groups is 1. The van der Waals surface area contributed by atoms with Gasteiger partial charge in [-0.15, -0.1) is 0 Å². The second-order valence-electron chi connectivity index (χ2n) is 6.81. The highest BCUT2D eigenvalue weighted by Gasteiger charge is 2.18. The summed E-state index contributed by atoms with van der Waals surface area (Å²) in [5, 5.41) is 2.99. The van der Waals surface area contributed by atoms with E-state index in [-0.39, 0.29) is 5.91 Å². The number of hydrogen-bond acceptors (Lipinski definition) is 4. The Morgan fingerprint density at radius 3 is 2.59 bits per heavy atom. The maximum atomic E-state index is 12.5. The average Bonchev–Trinajstić information content (AvgIpc) is 2.71. The third-order valence-electron chi connectivity index (χ3n) is 4.71. The van der Waals surface area contributed by atoms with Crippen molar-refractivity contribution in [3.63, 3.8) is 0 Å². The smallest absolute Gasteiger partial charge is 0.261 e. The fourth-order valence-electron chi connectivity index (χ4n) is 3.12. The lowest BCUT2D eigenvalue weighted by molar-refractivity contribution is -0.128. The molecule has 1 unspecified atom stereocenters. The van der Waals surface area contributed by atoms with Gasteiger partial charge in [0.2, 0.25) is 0 Å². The van der Waals surface area contributed by atoms with Gasteiger partial charge in [0.15, 0.2) is 6.10 Å². The number of hydrogen-bond donors (Lipinski definition) is 1. The lowest BCUT2D eigenvalue weighted by Gasteiger charge is -2.29. The third-order valence-corrected chi connectivity index (χ3v) is 4.71. The lowest BCUT2D eigenvalue weighted by Crippen LogP contribution is -2.37. The molecule has 5 nitrogen and oxygen atoms in total. The minimum absolute atomic E-state index is 0.0868. The number of carbonyl (C=O) groups excluding carboxylic acids is 1. The van der Waals surface area contributed by atoms with Gasteiger partial charge in [-0.25, -0.2) is 0 Å². The SMILES string of the molecule is CCC(Oc1cccc(C)c1)C(=O)NCc1ccc(N2CCOCC2)cc1. The maximum Gasteiger partial charge on any atom is 0.261 e. The molecule has 2 aromatic carbocycles. The van der Waals surface area contributed by atoms with Crippen molar-refractivity contribution in [1.29, 1.82) is 0 Å². The molecule has 0 aromatic heterocycles. The van der Waals surface area contributed by atoms with Crippen molar-refractivity contribution in [2.24, 2.45) is 0 Å². The minimum Gasteiger partial charge on any atom is -0.481 e. The topological polar surface area (TPSA) is 50.8 Å². The molecule has 0 bridgehead atoms. The highest BCUT2D eigenvalue weighted by atomic mass is 16.5. The Bertz CT molecular complexity index is 739. The highest BCUT2D eigenvalue weighted by molar-refractivity contribution is 5.81. The number of morpholine rings is 1. The zero-order valence-corrected chi connectivity index (χ0v) is 16.1. The summed E-state index contributed by atoms with van der Waals surface area (Å²) in [6.07, 6.45) is 0.134. The minimum atomic E-state index is -0.487. The molecule has 3 rings (SSSR count). The van der Waals surface area contributed by atoms with Gasteiger partial charge in [-0.1, -0.05) is 31.2 Å². The summed E-state index contributed by atoms with van der Waals surface area (Å²) in [6, 6.07) is 16.1. The standard InChI is InChI=1S/C22H28N2O3/c1-3-21(27-20-6-4-5-17(2)15-20)22(25)23-16-18-7-9-19(10-8-18)24-11-13-26-14-12-24/h4-10,15,21H,3,11-14,16H2,1-2H3,(H,23,25). The van der Waals surface area contributed by atoms with E-state index in [2.05, 4.69) is 34.5 Å². The first-order chi connectivity index (χ1) is 13.2. The van der Waals surface area contributed by atoms with Crippen molar-refractivity contribution < 1.29 is 14.3 Å². The summed E-state index contributed by atoms with van der Waals surface area (Å²) in [4.78, 5) is 14.8. The van der Waals surface area contributed by atoms with Gasteiger partial charge in [-0.3, -0.25) is 4.79 Å². The molecule has 1 N–H and O–H groups in total. The molecule has 1 aliphatic rings. The number of aryl methyl sites for hydroxylation is 1. The van der Waals surface area contributed by atoms with Crippen LogP contribution in [0.2, 0.25) is 0 Å². The number of amides is 1. The Hall–Kier alpha value is -2.53. The van der Waals surface area contributed by atoms with Crippen LogP contribution in [0.5, 0.6) is 5.75 Å². The van der Waals surface area contributed by atoms with Crippen molar-refractivity contribution in [3.8, 4) is 5.75 Å². The molecule has 0 spiro atoms. The van der Waals surface area contributed by atoms with Crippen LogP contribution in [0.15, 0.2) is 48.5 Å². The molecule has 1 heterocycles. The molecule has 144 valence electrons. The Kier molecular flexibility index (Phi) is 6.71. The predicted molar refractivity (Wildman–Crippen MR) is 107 cm³/mol. The first-order valence-electron chi connectivity index (χ1n) is 9.58. The predicted octanol–water partition coefficient (Wildman–Crippen LogP) is 3.31. The summed E-state index contributed by atoms with van der Waals surface area (Å²) >= 11 is 0. The van der Waals surface area contributed by atoms with Crippen LogP contribution in [0.4, 0.5) is 5.69 Å². The molecule has 0 aliphatic carbocycles. The molecule has 0 radical (unpaired) electrons. The van der Waals surface area contributed by atoms with E-state index in [1.165, 1.54) is 5.69 Å². The molecule has 1 saturated heterocycles. The maximum absolute atomic E-state index is 12.5. The van der Waals surface area contributed by atoms with E-state index < -0.39 is 6.10 Å². The zero-order valence-electron chi connectivity index (χ0n) is 16.1. The van der Waals surface area contributed by atoms with E-state index >= 15 is 0 Å². The molecule has 0 saturated carbocycles. The van der Waals surface area contributed by atoms with Gasteiger partial charge in [0, 0.05) is 25.3 Å². The number of benzene rings is 2. The van der Waals surface area contributed by atoms with Crippen molar-refractivity contribution >= 4 is 11.6 Å². The lowest BCUT2D eigenvalue weighted by atomic mass is 10.1. The number of ether oxygens (including phenoxy) is 2. The van der Waals surface area contributed by atoms with Crippen molar-refractivity contribution in [2.45, 2.75) is 32.9 Å². The number of anilines is 1. The second kappa shape index (κ2) is 9.42. The Labute approximate surface area is 161 Å². The fourth-order valence-corrected chi connectivity index (χ4v) is 3.12. The molecule has 1 fully saturated rings. The quantitative estimate of drug-likeness (QED) is 0.815. The van der Waals surface area contributed by atoms with Crippen LogP contribution in [0.1, 0.15) is 24.5 Å². The van der Waals surface area contributed by atoms with Gasteiger partial charge in [0.25, 0.3) is 5.91 Å². The number of nitrogens with one attached hydrogen (secondary N) is 1. The fraction of sp³-hybridized carbons (Fsp3) is 0.409. The first-order valence-corrected chi connectivity index (χ1v) is 9.58. The van der Waals surface area contributed by atoms with E-state index in [1.807, 2.05) is 38.1 Å². The largest absolute Gasteiger partial charge is 0.481 e. The number of rotatable bonds is 7. The van der Waals surface area contributed by atoms with Crippen LogP contribution in [0, 0.1) is 6.92 Å². The summed E-state index contributed by atoms with van der Waals surface area (Å²) in [7, 11) is 0. The second-order valence-corrected chi connectivity index (χ2v) is 6.81. The Morgan fingerprint density at radius 2 is 1.93 bits per heavy atom. The average molecular weight is 368 g/mol. The molecular formula is C22H28N2O3. The summed E-state index contributed by atoms with van der Waals surface area (Å²) < 4.78 is 11.3. The van der Waals surface area contributed by atoms with Gasteiger partial charge in [-0.05, 0) is 48.7 Å². The van der Waals surface area contributed by atoms with E-state index in [0.29, 0.717) is 13.0 Å². The zero-order chi connectivity index (χ0) is 19.1. The molecular weight excluding hydrogens is 340 g/mol. The van der Waals surface area contributed by atoms with E-state index in [4.69, 9.17) is 9.47 Å². The molecule has 1 aliphatic heterocycles. The van der Waals surface area contributed by atoms with Gasteiger partial charge < -0.3 is 19.7 Å². The van der Waals surface area contributed by atoms with E-state index in [1.54, 1.807) is 0 Å². The Balaban J connectivity index is 1.52. The molecule has 27 heavy (non-hydrogen) atoms. The summed E-state index contributed by atoms with van der Waals surface area (Å²) in [5.41, 5.74) is 3.39. The highest BCUT2D eigenvalue weighted by Crippen LogP contribution is 2.17. The van der Waals surface area contributed by atoms with Crippen LogP contribution >= 0.6 is 0 Å². The molecule has 5 heteroatoms. The van der Waals surface area contributed by atoms with Crippen LogP contribution in [-0.4, -0.2) is 38.3 Å². The van der Waals surface area contributed by atoms with Gasteiger partial charge in [0.05, 0.1) is 13.2 Å². The summed E-state index contributed by atoms with van der Waals surface area (Å²) in [6.45, 7) is 7.85. The Morgan fingerprint density at radius 1 is 1.19 bits per heavy atom.